The van der Waals surface area contributed by atoms with Gasteiger partial charge < -0.3 is 10.1 Å². The zero-order valence-electron chi connectivity index (χ0n) is 11.4. The molecule has 2 N–H and O–H groups in total. The molecule has 0 saturated heterocycles. The minimum atomic E-state index is 0.261. The maximum atomic E-state index is 7.38. The lowest BCUT2D eigenvalue weighted by Gasteiger charge is -2.13. The molecule has 0 radical (unpaired) electrons. The molecule has 0 aliphatic heterocycles. The van der Waals surface area contributed by atoms with Gasteiger partial charge in [0.25, 0.3) is 0 Å². The number of nitrogens with one attached hydrogen (secondary N) is 2. The Hall–Kier alpha value is -0.610. The fourth-order valence-electron chi connectivity index (χ4n) is 1.19. The summed E-state index contributed by atoms with van der Waals surface area (Å²) in [4.78, 5) is 0. The topological polar surface area (TPSA) is 45.1 Å². The molecule has 0 heterocycles. The fourth-order valence-corrected chi connectivity index (χ4v) is 1.31. The Morgan fingerprint density at radius 1 is 1.35 bits per heavy atom. The van der Waals surface area contributed by atoms with E-state index in [1.165, 1.54) is 18.3 Å². The Kier molecular flexibility index (Phi) is 8.17. The number of hydrogen-bond acceptors (Lipinski definition) is 3. The highest BCUT2D eigenvalue weighted by molar-refractivity contribution is 9.11. The van der Waals surface area contributed by atoms with Gasteiger partial charge in [-0.15, -0.1) is 0 Å². The summed E-state index contributed by atoms with van der Waals surface area (Å²) in [5.41, 5.74) is 2.56. The summed E-state index contributed by atoms with van der Waals surface area (Å²) in [6, 6.07) is 0. The average molecular weight is 303 g/mol. The second-order valence-electron chi connectivity index (χ2n) is 4.32. The highest BCUT2D eigenvalue weighted by Gasteiger charge is 2.04. The zero-order valence-corrected chi connectivity index (χ0v) is 12.9. The molecule has 17 heavy (non-hydrogen) atoms. The maximum Gasteiger partial charge on any atom is 0.194 e. The van der Waals surface area contributed by atoms with Crippen molar-refractivity contribution in [1.82, 2.24) is 5.32 Å². The van der Waals surface area contributed by atoms with Crippen molar-refractivity contribution in [2.24, 2.45) is 5.92 Å². The minimum absolute atomic E-state index is 0.261. The number of methoxy groups -OCH3 is 1. The molecule has 3 nitrogen and oxygen atoms in total. The highest BCUT2D eigenvalue weighted by Crippen LogP contribution is 2.17. The monoisotopic (exact) mass is 302 g/mol. The van der Waals surface area contributed by atoms with E-state index in [4.69, 9.17) is 10.1 Å². The van der Waals surface area contributed by atoms with E-state index in [-0.39, 0.29) is 5.90 Å². The summed E-state index contributed by atoms with van der Waals surface area (Å²) in [5.74, 6) is 0.748. The molecule has 0 aliphatic rings. The lowest BCUT2D eigenvalue weighted by atomic mass is 10.0. The quantitative estimate of drug-likeness (QED) is 0.448. The van der Waals surface area contributed by atoms with Crippen LogP contribution in [0.3, 0.4) is 0 Å². The van der Waals surface area contributed by atoms with Crippen molar-refractivity contribution in [3.8, 4) is 0 Å². The third-order valence-electron chi connectivity index (χ3n) is 2.55. The third-order valence-corrected chi connectivity index (χ3v) is 3.17. The van der Waals surface area contributed by atoms with Crippen molar-refractivity contribution in [3.05, 3.63) is 21.7 Å². The number of hydrogen-bond donors (Lipinski definition) is 2. The third kappa shape index (κ3) is 7.34. The molecule has 0 aromatic heterocycles. The van der Waals surface area contributed by atoms with E-state index >= 15 is 0 Å². The van der Waals surface area contributed by atoms with Crippen LogP contribution in [-0.4, -0.2) is 26.1 Å². The molecule has 4 heteroatoms. The van der Waals surface area contributed by atoms with Crippen LogP contribution in [-0.2, 0) is 4.74 Å². The molecule has 0 atom stereocenters. The number of rotatable bonds is 6. The zero-order chi connectivity index (χ0) is 13.4. The largest absolute Gasteiger partial charge is 0.484 e. The Morgan fingerprint density at radius 2 is 1.94 bits per heavy atom. The molecular formula is C13H23BrN2O. The smallest absolute Gasteiger partial charge is 0.194 e. The van der Waals surface area contributed by atoms with E-state index in [1.807, 2.05) is 6.92 Å². The van der Waals surface area contributed by atoms with Crippen LogP contribution in [0.4, 0.5) is 0 Å². The van der Waals surface area contributed by atoms with E-state index in [9.17, 15) is 0 Å². The summed E-state index contributed by atoms with van der Waals surface area (Å²) in [5, 5.41) is 10.6. The molecule has 0 aromatic carbocycles. The Balaban J connectivity index is 4.47. The molecule has 0 rings (SSSR count). The van der Waals surface area contributed by atoms with Gasteiger partial charge in [-0.3, -0.25) is 5.41 Å². The predicted octanol–water partition coefficient (Wildman–Crippen LogP) is 3.47. The second kappa shape index (κ2) is 8.48. The first-order valence-electron chi connectivity index (χ1n) is 5.74. The second-order valence-corrected chi connectivity index (χ2v) is 5.51. The van der Waals surface area contributed by atoms with Crippen molar-refractivity contribution in [2.75, 3.05) is 20.2 Å². The molecule has 0 aliphatic carbocycles. The first-order valence-corrected chi connectivity index (χ1v) is 6.53. The van der Waals surface area contributed by atoms with Gasteiger partial charge in [0, 0.05) is 6.54 Å². The van der Waals surface area contributed by atoms with Crippen molar-refractivity contribution < 1.29 is 4.74 Å². The molecule has 0 saturated carbocycles. The number of ether oxygens (including phenoxy) is 1. The highest BCUT2D eigenvalue weighted by atomic mass is 79.9. The number of allylic oxidation sites excluding steroid dienone is 3. The van der Waals surface area contributed by atoms with Gasteiger partial charge in [-0.1, -0.05) is 41.4 Å². The Labute approximate surface area is 113 Å². The van der Waals surface area contributed by atoms with Gasteiger partial charge in [0.15, 0.2) is 5.90 Å². The molecule has 0 fully saturated rings. The van der Waals surface area contributed by atoms with Crippen molar-refractivity contribution in [2.45, 2.75) is 27.7 Å². The molecule has 0 spiro atoms. The molecule has 0 unspecified atom stereocenters. The Morgan fingerprint density at radius 3 is 2.35 bits per heavy atom. The molecule has 0 aromatic rings. The lowest BCUT2D eigenvalue weighted by Crippen LogP contribution is -2.26. The van der Waals surface area contributed by atoms with E-state index in [0.29, 0.717) is 12.5 Å². The van der Waals surface area contributed by atoms with Crippen LogP contribution in [0.2, 0.25) is 0 Å². The van der Waals surface area contributed by atoms with E-state index in [2.05, 4.69) is 48.1 Å². The van der Waals surface area contributed by atoms with Crippen molar-refractivity contribution in [3.63, 3.8) is 0 Å². The van der Waals surface area contributed by atoms with Crippen LogP contribution < -0.4 is 5.32 Å². The normalized spacial score (nSPS) is 13.7. The first-order chi connectivity index (χ1) is 7.88. The van der Waals surface area contributed by atoms with Crippen LogP contribution in [0.1, 0.15) is 27.7 Å². The van der Waals surface area contributed by atoms with E-state index in [0.717, 1.165) is 11.0 Å². The van der Waals surface area contributed by atoms with Crippen molar-refractivity contribution >= 4 is 21.8 Å². The van der Waals surface area contributed by atoms with Gasteiger partial charge in [-0.2, -0.15) is 0 Å². The molecular weight excluding hydrogens is 280 g/mol. The molecule has 0 bridgehead atoms. The summed E-state index contributed by atoms with van der Waals surface area (Å²) < 4.78 is 5.95. The summed E-state index contributed by atoms with van der Waals surface area (Å²) >= 11 is 3.48. The molecule has 0 amide bonds. The maximum absolute atomic E-state index is 7.38. The van der Waals surface area contributed by atoms with Gasteiger partial charge >= 0.3 is 0 Å². The molecule has 98 valence electrons. The fraction of sp³-hybridized carbons (Fsp3) is 0.615. The van der Waals surface area contributed by atoms with Gasteiger partial charge in [0.05, 0.1) is 13.7 Å². The number of halogens is 1. The minimum Gasteiger partial charge on any atom is -0.484 e. The standard InChI is InChI=1S/C13H23BrN2O/c1-9(2)12(6-10(3)11(4)14)7-16-8-13(15)17-5/h6,9,15-16H,7-8H2,1-5H3/b11-10+,12-6-,15-13?. The van der Waals surface area contributed by atoms with Crippen LogP contribution in [0, 0.1) is 11.3 Å². The van der Waals surface area contributed by atoms with Gasteiger partial charge in [0.2, 0.25) is 0 Å². The summed E-state index contributed by atoms with van der Waals surface area (Å²) in [6.45, 7) is 9.72. The predicted molar refractivity (Wildman–Crippen MR) is 77.8 cm³/mol. The van der Waals surface area contributed by atoms with Crippen LogP contribution in [0.15, 0.2) is 21.7 Å². The van der Waals surface area contributed by atoms with E-state index < -0.39 is 0 Å². The lowest BCUT2D eigenvalue weighted by molar-refractivity contribution is 0.387. The summed E-state index contributed by atoms with van der Waals surface area (Å²) in [6.07, 6.45) is 2.19. The van der Waals surface area contributed by atoms with E-state index in [1.54, 1.807) is 0 Å². The summed E-state index contributed by atoms with van der Waals surface area (Å²) in [7, 11) is 1.52. The van der Waals surface area contributed by atoms with Crippen LogP contribution in [0.5, 0.6) is 0 Å². The van der Waals surface area contributed by atoms with Crippen molar-refractivity contribution in [1.29, 1.82) is 5.41 Å². The van der Waals surface area contributed by atoms with Gasteiger partial charge in [0.1, 0.15) is 0 Å². The van der Waals surface area contributed by atoms with Gasteiger partial charge in [-0.25, -0.2) is 0 Å². The van der Waals surface area contributed by atoms with Crippen LogP contribution in [0.25, 0.3) is 0 Å². The van der Waals surface area contributed by atoms with Gasteiger partial charge in [-0.05, 0) is 29.8 Å². The first kappa shape index (κ1) is 16.4. The average Bonchev–Trinajstić information content (AvgIpc) is 2.26. The van der Waals surface area contributed by atoms with Crippen LogP contribution >= 0.6 is 15.9 Å². The SMILES string of the molecule is COC(=N)CNC/C(=C/C(C)=C(\C)Br)C(C)C. The Bertz CT molecular complexity index is 315.